The second-order valence-electron chi connectivity index (χ2n) is 6.56. The van der Waals surface area contributed by atoms with Crippen LogP contribution in [0.15, 0.2) is 24.3 Å². The van der Waals surface area contributed by atoms with Crippen molar-refractivity contribution >= 4 is 0 Å². The van der Waals surface area contributed by atoms with E-state index in [1.807, 2.05) is 0 Å². The molecule has 1 N–H and O–H groups in total. The lowest BCUT2D eigenvalue weighted by Gasteiger charge is -2.23. The van der Waals surface area contributed by atoms with E-state index in [0.717, 1.165) is 32.7 Å². The Bertz CT molecular complexity index is 398. The number of hydrogen-bond donors (Lipinski definition) is 1. The number of rotatable bonds is 9. The van der Waals surface area contributed by atoms with E-state index in [2.05, 4.69) is 57.3 Å². The predicted molar refractivity (Wildman–Crippen MR) is 89.0 cm³/mol. The average Bonchev–Trinajstić information content (AvgIpc) is 2.40. The Morgan fingerprint density at radius 2 is 1.95 bits per heavy atom. The Morgan fingerprint density at radius 3 is 2.57 bits per heavy atom. The van der Waals surface area contributed by atoms with Crippen LogP contribution in [0.5, 0.6) is 0 Å². The van der Waals surface area contributed by atoms with Crippen molar-refractivity contribution in [3.63, 3.8) is 0 Å². The molecule has 0 spiro atoms. The number of benzene rings is 1. The topological polar surface area (TPSA) is 30.5 Å². The zero-order valence-electron chi connectivity index (χ0n) is 14.2. The molecule has 1 aromatic rings. The molecule has 0 aliphatic carbocycles. The lowest BCUT2D eigenvalue weighted by molar-refractivity contribution is -0.00625. The van der Waals surface area contributed by atoms with E-state index < -0.39 is 0 Å². The third-order valence-corrected chi connectivity index (χ3v) is 3.39. The molecule has 1 atom stereocenters. The summed E-state index contributed by atoms with van der Waals surface area (Å²) in [6, 6.07) is 8.77. The van der Waals surface area contributed by atoms with Crippen molar-refractivity contribution in [3.05, 3.63) is 35.4 Å². The van der Waals surface area contributed by atoms with Crippen molar-refractivity contribution in [2.75, 3.05) is 33.4 Å². The first-order valence-corrected chi connectivity index (χ1v) is 7.82. The summed E-state index contributed by atoms with van der Waals surface area (Å²) >= 11 is 0. The Labute approximate surface area is 130 Å². The largest absolute Gasteiger partial charge is 0.383 e. The van der Waals surface area contributed by atoms with E-state index in [4.69, 9.17) is 9.47 Å². The molecule has 0 heterocycles. The summed E-state index contributed by atoms with van der Waals surface area (Å²) in [5.41, 5.74) is 2.63. The lowest BCUT2D eigenvalue weighted by Crippen LogP contribution is -2.27. The van der Waals surface area contributed by atoms with Gasteiger partial charge in [0.2, 0.25) is 0 Å². The van der Waals surface area contributed by atoms with Gasteiger partial charge in [-0.15, -0.1) is 0 Å². The molecule has 1 aromatic carbocycles. The van der Waals surface area contributed by atoms with Crippen molar-refractivity contribution < 1.29 is 9.47 Å². The molecule has 1 unspecified atom stereocenters. The molecular weight excluding hydrogens is 262 g/mol. The minimum absolute atomic E-state index is 0.0688. The molecule has 0 amide bonds. The summed E-state index contributed by atoms with van der Waals surface area (Å²) in [5.74, 6) is 0.476. The van der Waals surface area contributed by atoms with Gasteiger partial charge in [0, 0.05) is 26.8 Å². The fourth-order valence-electron chi connectivity index (χ4n) is 2.27. The summed E-state index contributed by atoms with van der Waals surface area (Å²) in [6.45, 7) is 11.8. The first-order valence-electron chi connectivity index (χ1n) is 7.82. The standard InChI is InChI=1S/C18H31NO2/c1-15-7-6-8-16(13-15)17(14-19-10-12-20-5)9-11-21-18(2,3)4/h6-8,13,17,19H,9-12,14H2,1-5H3. The number of aryl methyl sites for hydroxylation is 1. The van der Waals surface area contributed by atoms with Crippen LogP contribution >= 0.6 is 0 Å². The quantitative estimate of drug-likeness (QED) is 0.707. The van der Waals surface area contributed by atoms with Crippen LogP contribution in [0.3, 0.4) is 0 Å². The predicted octanol–water partition coefficient (Wildman–Crippen LogP) is 3.52. The smallest absolute Gasteiger partial charge is 0.0598 e. The molecular formula is C18H31NO2. The minimum Gasteiger partial charge on any atom is -0.383 e. The van der Waals surface area contributed by atoms with Gasteiger partial charge in [-0.25, -0.2) is 0 Å². The Morgan fingerprint density at radius 1 is 1.19 bits per heavy atom. The number of nitrogens with one attached hydrogen (secondary N) is 1. The third-order valence-electron chi connectivity index (χ3n) is 3.39. The molecule has 0 fully saturated rings. The molecule has 0 radical (unpaired) electrons. The minimum atomic E-state index is -0.0688. The van der Waals surface area contributed by atoms with Gasteiger partial charge in [0.1, 0.15) is 0 Å². The molecule has 0 aliphatic rings. The normalized spacial score (nSPS) is 13.4. The molecule has 3 nitrogen and oxygen atoms in total. The monoisotopic (exact) mass is 293 g/mol. The van der Waals surface area contributed by atoms with Gasteiger partial charge in [0.25, 0.3) is 0 Å². The molecule has 0 bridgehead atoms. The van der Waals surface area contributed by atoms with Gasteiger partial charge in [-0.2, -0.15) is 0 Å². The highest BCUT2D eigenvalue weighted by Gasteiger charge is 2.15. The molecule has 1 rings (SSSR count). The summed E-state index contributed by atoms with van der Waals surface area (Å²) in [6.07, 6.45) is 1.03. The molecule has 0 aromatic heterocycles. The Balaban J connectivity index is 2.57. The van der Waals surface area contributed by atoms with Gasteiger partial charge in [-0.1, -0.05) is 29.8 Å². The number of hydrogen-bond acceptors (Lipinski definition) is 3. The summed E-state index contributed by atoms with van der Waals surface area (Å²) < 4.78 is 11.0. The maximum absolute atomic E-state index is 5.89. The van der Waals surface area contributed by atoms with Crippen molar-refractivity contribution in [1.82, 2.24) is 5.32 Å². The Kier molecular flexibility index (Phi) is 7.94. The van der Waals surface area contributed by atoms with E-state index in [1.165, 1.54) is 11.1 Å². The van der Waals surface area contributed by atoms with Crippen molar-refractivity contribution in [2.24, 2.45) is 0 Å². The van der Waals surface area contributed by atoms with Crippen LogP contribution in [0.2, 0.25) is 0 Å². The highest BCUT2D eigenvalue weighted by Crippen LogP contribution is 2.21. The van der Waals surface area contributed by atoms with Crippen molar-refractivity contribution in [2.45, 2.75) is 45.6 Å². The van der Waals surface area contributed by atoms with Crippen molar-refractivity contribution in [1.29, 1.82) is 0 Å². The first-order chi connectivity index (χ1) is 9.92. The highest BCUT2D eigenvalue weighted by atomic mass is 16.5. The summed E-state index contributed by atoms with van der Waals surface area (Å²) in [5, 5.41) is 3.47. The fraction of sp³-hybridized carbons (Fsp3) is 0.667. The van der Waals surface area contributed by atoms with E-state index in [1.54, 1.807) is 7.11 Å². The van der Waals surface area contributed by atoms with Gasteiger partial charge in [0.05, 0.1) is 12.2 Å². The van der Waals surface area contributed by atoms with Crippen LogP contribution in [0.25, 0.3) is 0 Å². The number of ether oxygens (including phenoxy) is 2. The zero-order chi connectivity index (χ0) is 15.7. The summed E-state index contributed by atoms with van der Waals surface area (Å²) in [4.78, 5) is 0. The average molecular weight is 293 g/mol. The molecule has 120 valence electrons. The second kappa shape index (κ2) is 9.19. The SMILES string of the molecule is COCCNCC(CCOC(C)(C)C)c1cccc(C)c1. The van der Waals surface area contributed by atoms with Crippen molar-refractivity contribution in [3.8, 4) is 0 Å². The first kappa shape index (κ1) is 18.1. The molecule has 21 heavy (non-hydrogen) atoms. The number of methoxy groups -OCH3 is 1. The van der Waals surface area contributed by atoms with E-state index in [-0.39, 0.29) is 5.60 Å². The lowest BCUT2D eigenvalue weighted by atomic mass is 9.94. The molecule has 0 saturated carbocycles. The van der Waals surface area contributed by atoms with Gasteiger partial charge in [-0.3, -0.25) is 0 Å². The van der Waals surface area contributed by atoms with Crippen LogP contribution in [0.1, 0.15) is 44.2 Å². The van der Waals surface area contributed by atoms with E-state index in [0.29, 0.717) is 5.92 Å². The van der Waals surface area contributed by atoms with Gasteiger partial charge < -0.3 is 14.8 Å². The van der Waals surface area contributed by atoms with Gasteiger partial charge in [-0.05, 0) is 45.6 Å². The van der Waals surface area contributed by atoms with E-state index >= 15 is 0 Å². The highest BCUT2D eigenvalue weighted by molar-refractivity contribution is 5.25. The third kappa shape index (κ3) is 8.20. The summed E-state index contributed by atoms with van der Waals surface area (Å²) in [7, 11) is 1.73. The molecule has 0 saturated heterocycles. The Hall–Kier alpha value is -0.900. The maximum Gasteiger partial charge on any atom is 0.0598 e. The zero-order valence-corrected chi connectivity index (χ0v) is 14.2. The van der Waals surface area contributed by atoms with Crippen LogP contribution in [-0.4, -0.2) is 39.0 Å². The second-order valence-corrected chi connectivity index (χ2v) is 6.56. The molecule has 0 aliphatic heterocycles. The molecule has 3 heteroatoms. The van der Waals surface area contributed by atoms with E-state index in [9.17, 15) is 0 Å². The van der Waals surface area contributed by atoms with Crippen LogP contribution in [0, 0.1) is 6.92 Å². The van der Waals surface area contributed by atoms with Gasteiger partial charge in [0.15, 0.2) is 0 Å². The maximum atomic E-state index is 5.89. The fourth-order valence-corrected chi connectivity index (χ4v) is 2.27. The van der Waals surface area contributed by atoms with Crippen LogP contribution in [-0.2, 0) is 9.47 Å². The van der Waals surface area contributed by atoms with Crippen LogP contribution in [0.4, 0.5) is 0 Å². The van der Waals surface area contributed by atoms with Gasteiger partial charge >= 0.3 is 0 Å². The van der Waals surface area contributed by atoms with Crippen LogP contribution < -0.4 is 5.32 Å².